The first-order valence-electron chi connectivity index (χ1n) is 4.84. The van der Waals surface area contributed by atoms with E-state index in [0.29, 0.717) is 23.3 Å². The van der Waals surface area contributed by atoms with E-state index in [9.17, 15) is 0 Å². The van der Waals surface area contributed by atoms with Gasteiger partial charge in [-0.15, -0.1) is 6.42 Å². The first-order valence-corrected chi connectivity index (χ1v) is 5.59. The average molecular weight is 257 g/mol. The van der Waals surface area contributed by atoms with E-state index in [-0.39, 0.29) is 12.2 Å². The molecule has 1 fully saturated rings. The highest BCUT2D eigenvalue weighted by atomic mass is 35.5. The van der Waals surface area contributed by atoms with Crippen LogP contribution in [0.1, 0.15) is 11.7 Å². The van der Waals surface area contributed by atoms with Gasteiger partial charge in [-0.1, -0.05) is 35.2 Å². The molecule has 0 bridgehead atoms. The van der Waals surface area contributed by atoms with E-state index < -0.39 is 0 Å². The average Bonchev–Trinajstić information content (AvgIpc) is 2.98. The van der Waals surface area contributed by atoms with Crippen molar-refractivity contribution in [1.29, 1.82) is 0 Å². The van der Waals surface area contributed by atoms with Gasteiger partial charge in [-0.05, 0) is 12.1 Å². The third kappa shape index (κ3) is 2.69. The summed E-state index contributed by atoms with van der Waals surface area (Å²) in [7, 11) is 0. The van der Waals surface area contributed by atoms with Crippen molar-refractivity contribution in [2.75, 3.05) is 13.2 Å². The van der Waals surface area contributed by atoms with Crippen molar-refractivity contribution in [3.63, 3.8) is 0 Å². The van der Waals surface area contributed by atoms with Crippen LogP contribution in [0.4, 0.5) is 0 Å². The number of epoxide rings is 1. The number of hydrogen-bond acceptors (Lipinski definition) is 2. The lowest BCUT2D eigenvalue weighted by molar-refractivity contribution is 0.145. The van der Waals surface area contributed by atoms with Crippen LogP contribution < -0.4 is 0 Å². The molecule has 1 aliphatic rings. The van der Waals surface area contributed by atoms with Crippen LogP contribution in [0, 0.1) is 12.3 Å². The predicted molar refractivity (Wildman–Crippen MR) is 63.7 cm³/mol. The molecule has 0 aromatic heterocycles. The van der Waals surface area contributed by atoms with Gasteiger partial charge in [-0.25, -0.2) is 0 Å². The maximum absolute atomic E-state index is 6.05. The Morgan fingerprint density at radius 2 is 2.25 bits per heavy atom. The molecule has 0 radical (unpaired) electrons. The monoisotopic (exact) mass is 256 g/mol. The molecule has 2 rings (SSSR count). The van der Waals surface area contributed by atoms with Crippen molar-refractivity contribution >= 4 is 23.2 Å². The van der Waals surface area contributed by atoms with Crippen LogP contribution in [0.3, 0.4) is 0 Å². The van der Waals surface area contributed by atoms with Gasteiger partial charge < -0.3 is 9.47 Å². The topological polar surface area (TPSA) is 21.8 Å². The van der Waals surface area contributed by atoms with Gasteiger partial charge in [0.15, 0.2) is 0 Å². The molecular weight excluding hydrogens is 247 g/mol. The highest BCUT2D eigenvalue weighted by molar-refractivity contribution is 6.35. The summed E-state index contributed by atoms with van der Waals surface area (Å²) in [4.78, 5) is 0. The van der Waals surface area contributed by atoms with Gasteiger partial charge >= 0.3 is 0 Å². The number of ether oxygens (including phenoxy) is 2. The summed E-state index contributed by atoms with van der Waals surface area (Å²) < 4.78 is 10.6. The summed E-state index contributed by atoms with van der Waals surface area (Å²) in [6.45, 7) is 0.800. The van der Waals surface area contributed by atoms with Crippen LogP contribution in [0.5, 0.6) is 0 Å². The van der Waals surface area contributed by atoms with Gasteiger partial charge in [-0.3, -0.25) is 0 Å². The second kappa shape index (κ2) is 5.07. The van der Waals surface area contributed by atoms with Crippen LogP contribution in [0.15, 0.2) is 18.2 Å². The Morgan fingerprint density at radius 1 is 1.44 bits per heavy atom. The molecule has 0 aliphatic carbocycles. The van der Waals surface area contributed by atoms with E-state index in [4.69, 9.17) is 39.1 Å². The zero-order chi connectivity index (χ0) is 11.5. The van der Waals surface area contributed by atoms with Gasteiger partial charge in [0.2, 0.25) is 0 Å². The number of benzene rings is 1. The van der Waals surface area contributed by atoms with Crippen molar-refractivity contribution < 1.29 is 9.47 Å². The quantitative estimate of drug-likeness (QED) is 0.469. The Balaban J connectivity index is 1.93. The van der Waals surface area contributed by atoms with Crippen molar-refractivity contribution in [3.05, 3.63) is 33.8 Å². The summed E-state index contributed by atoms with van der Waals surface area (Å²) in [5.41, 5.74) is 0.945. The minimum Gasteiger partial charge on any atom is -0.366 e. The summed E-state index contributed by atoms with van der Waals surface area (Å²) >= 11 is 11.9. The highest BCUT2D eigenvalue weighted by Gasteiger charge is 2.41. The molecule has 0 spiro atoms. The summed E-state index contributed by atoms with van der Waals surface area (Å²) in [6.07, 6.45) is 5.12. The van der Waals surface area contributed by atoms with Crippen LogP contribution in [-0.4, -0.2) is 19.3 Å². The van der Waals surface area contributed by atoms with Crippen molar-refractivity contribution in [1.82, 2.24) is 0 Å². The summed E-state index contributed by atoms with van der Waals surface area (Å²) in [5.74, 6) is 2.40. The fourth-order valence-corrected chi connectivity index (χ4v) is 2.03. The largest absolute Gasteiger partial charge is 0.366 e. The normalized spacial score (nSPS) is 22.8. The molecule has 1 aromatic rings. The molecule has 2 atom stereocenters. The molecule has 0 unspecified atom stereocenters. The summed E-state index contributed by atoms with van der Waals surface area (Å²) in [5, 5.41) is 1.24. The standard InChI is InChI=1S/C12H10Cl2O2/c1-2-5-15-7-11-12(16-11)9-4-3-8(13)6-10(9)14/h1,3-4,6,11-12H,5,7H2/t11-,12+/m0/s1. The maximum atomic E-state index is 6.05. The second-order valence-electron chi connectivity index (χ2n) is 3.48. The molecule has 2 nitrogen and oxygen atoms in total. The van der Waals surface area contributed by atoms with Crippen LogP contribution in [0.2, 0.25) is 10.0 Å². The Hall–Kier alpha value is -0.720. The Labute approximate surface area is 104 Å². The molecular formula is C12H10Cl2O2. The van der Waals surface area contributed by atoms with E-state index >= 15 is 0 Å². The van der Waals surface area contributed by atoms with Gasteiger partial charge in [0.1, 0.15) is 18.8 Å². The molecule has 0 amide bonds. The number of halogens is 2. The first-order chi connectivity index (χ1) is 7.72. The minimum atomic E-state index is 0.00235. The number of rotatable bonds is 4. The van der Waals surface area contributed by atoms with Crippen molar-refractivity contribution in [2.24, 2.45) is 0 Å². The van der Waals surface area contributed by atoms with E-state index in [2.05, 4.69) is 5.92 Å². The van der Waals surface area contributed by atoms with Crippen molar-refractivity contribution in [3.8, 4) is 12.3 Å². The van der Waals surface area contributed by atoms with Crippen LogP contribution in [0.25, 0.3) is 0 Å². The second-order valence-corrected chi connectivity index (χ2v) is 4.32. The van der Waals surface area contributed by atoms with E-state index in [1.165, 1.54) is 0 Å². The van der Waals surface area contributed by atoms with Gasteiger partial charge in [0.05, 0.1) is 6.61 Å². The van der Waals surface area contributed by atoms with Crippen molar-refractivity contribution in [2.45, 2.75) is 12.2 Å². The Bertz CT molecular complexity index is 426. The predicted octanol–water partition coefficient (Wildman–Crippen LogP) is 3.08. The van der Waals surface area contributed by atoms with E-state index in [1.54, 1.807) is 12.1 Å². The molecule has 1 aliphatic heterocycles. The lowest BCUT2D eigenvalue weighted by Gasteiger charge is -2.00. The van der Waals surface area contributed by atoms with Crippen LogP contribution >= 0.6 is 23.2 Å². The Morgan fingerprint density at radius 3 is 2.94 bits per heavy atom. The molecule has 1 saturated heterocycles. The third-order valence-corrected chi connectivity index (χ3v) is 2.88. The SMILES string of the molecule is C#CCOC[C@@H]1O[C@@H]1c1ccc(Cl)cc1Cl. The fraction of sp³-hybridized carbons (Fsp3) is 0.333. The molecule has 0 N–H and O–H groups in total. The lowest BCUT2D eigenvalue weighted by Crippen LogP contribution is -2.02. The van der Waals surface area contributed by atoms with Gasteiger partial charge in [0, 0.05) is 15.6 Å². The van der Waals surface area contributed by atoms with Gasteiger partial charge in [-0.2, -0.15) is 0 Å². The zero-order valence-electron chi connectivity index (χ0n) is 8.45. The molecule has 16 heavy (non-hydrogen) atoms. The summed E-state index contributed by atoms with van der Waals surface area (Å²) in [6, 6.07) is 5.37. The fourth-order valence-electron chi connectivity index (χ4n) is 1.51. The molecule has 1 heterocycles. The number of terminal acetylenes is 1. The highest BCUT2D eigenvalue weighted by Crippen LogP contribution is 2.42. The molecule has 84 valence electrons. The smallest absolute Gasteiger partial charge is 0.113 e. The third-order valence-electron chi connectivity index (χ3n) is 2.32. The Kier molecular flexibility index (Phi) is 3.73. The zero-order valence-corrected chi connectivity index (χ0v) is 9.96. The number of hydrogen-bond donors (Lipinski definition) is 0. The first kappa shape index (κ1) is 11.8. The van der Waals surface area contributed by atoms with Gasteiger partial charge in [0.25, 0.3) is 0 Å². The van der Waals surface area contributed by atoms with Crippen LogP contribution in [-0.2, 0) is 9.47 Å². The lowest BCUT2D eigenvalue weighted by atomic mass is 10.1. The minimum absolute atomic E-state index is 0.00235. The maximum Gasteiger partial charge on any atom is 0.113 e. The molecule has 0 saturated carbocycles. The molecule has 1 aromatic carbocycles. The van der Waals surface area contributed by atoms with E-state index in [0.717, 1.165) is 5.56 Å². The van der Waals surface area contributed by atoms with E-state index in [1.807, 2.05) is 6.07 Å². The molecule has 4 heteroatoms.